The maximum atomic E-state index is 5.38. The van der Waals surface area contributed by atoms with Crippen LogP contribution in [0, 0.1) is 6.92 Å². The molecule has 16 heavy (non-hydrogen) atoms. The molecule has 1 atom stereocenters. The Morgan fingerprint density at radius 3 is 3.19 bits per heavy atom. The molecule has 0 aliphatic carbocycles. The van der Waals surface area contributed by atoms with Gasteiger partial charge in [-0.2, -0.15) is 0 Å². The zero-order valence-corrected chi connectivity index (χ0v) is 10.2. The summed E-state index contributed by atoms with van der Waals surface area (Å²) < 4.78 is 5.38. The molecule has 1 N–H and O–H groups in total. The Morgan fingerprint density at radius 2 is 2.50 bits per heavy atom. The van der Waals surface area contributed by atoms with E-state index in [1.54, 1.807) is 0 Å². The number of hydrogen-bond donors (Lipinski definition) is 1. The summed E-state index contributed by atoms with van der Waals surface area (Å²) in [5.74, 6) is 1.73. The Bertz CT molecular complexity index is 324. The normalized spacial score (nSPS) is 21.8. The quantitative estimate of drug-likeness (QED) is 0.770. The first-order valence-corrected chi connectivity index (χ1v) is 6.11. The Hall–Kier alpha value is -0.870. The monoisotopic (exact) mass is 223 g/mol. The van der Waals surface area contributed by atoms with Crippen molar-refractivity contribution in [2.75, 3.05) is 32.8 Å². The SMILES string of the molecule is CCOCCN1CCC(c2ncc(C)[nH]2)C1. The van der Waals surface area contributed by atoms with Crippen molar-refractivity contribution in [3.05, 3.63) is 17.7 Å². The molecule has 0 radical (unpaired) electrons. The second-order valence-corrected chi connectivity index (χ2v) is 4.43. The standard InChI is InChI=1S/C12H21N3O/c1-3-16-7-6-15-5-4-11(9-15)12-13-8-10(2)14-12/h8,11H,3-7,9H2,1-2H3,(H,13,14). The van der Waals surface area contributed by atoms with Gasteiger partial charge in [0, 0.05) is 37.5 Å². The highest BCUT2D eigenvalue weighted by Gasteiger charge is 2.25. The third kappa shape index (κ3) is 2.83. The summed E-state index contributed by atoms with van der Waals surface area (Å²) in [7, 11) is 0. The summed E-state index contributed by atoms with van der Waals surface area (Å²) in [5, 5.41) is 0. The number of hydrogen-bond acceptors (Lipinski definition) is 3. The fraction of sp³-hybridized carbons (Fsp3) is 0.750. The van der Waals surface area contributed by atoms with Crippen molar-refractivity contribution in [3.63, 3.8) is 0 Å². The molecule has 1 saturated heterocycles. The number of imidazole rings is 1. The lowest BCUT2D eigenvalue weighted by atomic mass is 10.1. The minimum absolute atomic E-state index is 0.579. The highest BCUT2D eigenvalue weighted by atomic mass is 16.5. The van der Waals surface area contributed by atoms with Gasteiger partial charge in [-0.25, -0.2) is 4.98 Å². The highest BCUT2D eigenvalue weighted by molar-refractivity contribution is 5.06. The topological polar surface area (TPSA) is 41.1 Å². The zero-order chi connectivity index (χ0) is 11.4. The summed E-state index contributed by atoms with van der Waals surface area (Å²) in [6, 6.07) is 0. The first-order valence-electron chi connectivity index (χ1n) is 6.11. The van der Waals surface area contributed by atoms with E-state index in [0.717, 1.165) is 44.4 Å². The number of likely N-dealkylation sites (tertiary alicyclic amines) is 1. The van der Waals surface area contributed by atoms with Gasteiger partial charge in [0.2, 0.25) is 0 Å². The molecule has 1 aliphatic heterocycles. The van der Waals surface area contributed by atoms with Gasteiger partial charge in [0.05, 0.1) is 6.61 Å². The second kappa shape index (κ2) is 5.46. The minimum Gasteiger partial charge on any atom is -0.380 e. The molecular weight excluding hydrogens is 202 g/mol. The third-order valence-electron chi connectivity index (χ3n) is 3.14. The van der Waals surface area contributed by atoms with Gasteiger partial charge in [-0.05, 0) is 26.8 Å². The molecule has 2 heterocycles. The molecule has 1 unspecified atom stereocenters. The predicted octanol–water partition coefficient (Wildman–Crippen LogP) is 1.54. The summed E-state index contributed by atoms with van der Waals surface area (Å²) in [6.07, 6.45) is 3.12. The van der Waals surface area contributed by atoms with Gasteiger partial charge in [0.15, 0.2) is 0 Å². The largest absolute Gasteiger partial charge is 0.380 e. The van der Waals surface area contributed by atoms with Gasteiger partial charge in [-0.3, -0.25) is 0 Å². The van der Waals surface area contributed by atoms with E-state index >= 15 is 0 Å². The Balaban J connectivity index is 1.79. The molecule has 0 amide bonds. The van der Waals surface area contributed by atoms with Crippen LogP contribution in [0.15, 0.2) is 6.20 Å². The van der Waals surface area contributed by atoms with E-state index in [1.165, 1.54) is 6.42 Å². The van der Waals surface area contributed by atoms with Crippen molar-refractivity contribution in [2.24, 2.45) is 0 Å². The van der Waals surface area contributed by atoms with Crippen LogP contribution in [0.4, 0.5) is 0 Å². The number of rotatable bonds is 5. The van der Waals surface area contributed by atoms with Crippen molar-refractivity contribution >= 4 is 0 Å². The van der Waals surface area contributed by atoms with Gasteiger partial charge < -0.3 is 14.6 Å². The van der Waals surface area contributed by atoms with Gasteiger partial charge in [0.25, 0.3) is 0 Å². The molecule has 0 saturated carbocycles. The first kappa shape index (κ1) is 11.6. The number of nitrogens with one attached hydrogen (secondary N) is 1. The lowest BCUT2D eigenvalue weighted by Crippen LogP contribution is -2.25. The highest BCUT2D eigenvalue weighted by Crippen LogP contribution is 2.24. The smallest absolute Gasteiger partial charge is 0.110 e. The Labute approximate surface area is 97.0 Å². The zero-order valence-electron chi connectivity index (χ0n) is 10.2. The van der Waals surface area contributed by atoms with Crippen molar-refractivity contribution in [3.8, 4) is 0 Å². The van der Waals surface area contributed by atoms with Gasteiger partial charge in [0.1, 0.15) is 5.82 Å². The first-order chi connectivity index (χ1) is 7.79. The van der Waals surface area contributed by atoms with Gasteiger partial charge in [-0.1, -0.05) is 0 Å². The Morgan fingerprint density at radius 1 is 1.62 bits per heavy atom. The lowest BCUT2D eigenvalue weighted by Gasteiger charge is -2.14. The summed E-state index contributed by atoms with van der Waals surface area (Å²) in [6.45, 7) is 9.08. The Kier molecular flexibility index (Phi) is 3.96. The molecule has 1 aromatic rings. The minimum atomic E-state index is 0.579. The number of aromatic nitrogens is 2. The number of nitrogens with zero attached hydrogens (tertiary/aromatic N) is 2. The van der Waals surface area contributed by atoms with Crippen molar-refractivity contribution in [2.45, 2.75) is 26.2 Å². The van der Waals surface area contributed by atoms with E-state index in [4.69, 9.17) is 4.74 Å². The van der Waals surface area contributed by atoms with E-state index in [9.17, 15) is 0 Å². The molecule has 1 fully saturated rings. The molecular formula is C12H21N3O. The van der Waals surface area contributed by atoms with E-state index in [0.29, 0.717) is 5.92 Å². The molecule has 0 bridgehead atoms. The second-order valence-electron chi connectivity index (χ2n) is 4.43. The van der Waals surface area contributed by atoms with Crippen molar-refractivity contribution < 1.29 is 4.74 Å². The van der Waals surface area contributed by atoms with Crippen LogP contribution in [-0.4, -0.2) is 47.7 Å². The van der Waals surface area contributed by atoms with E-state index in [1.807, 2.05) is 13.1 Å². The average molecular weight is 223 g/mol. The van der Waals surface area contributed by atoms with Crippen LogP contribution in [0.5, 0.6) is 0 Å². The summed E-state index contributed by atoms with van der Waals surface area (Å²) in [4.78, 5) is 10.2. The molecule has 1 aliphatic rings. The molecule has 90 valence electrons. The van der Waals surface area contributed by atoms with Gasteiger partial charge in [-0.15, -0.1) is 0 Å². The third-order valence-corrected chi connectivity index (χ3v) is 3.14. The van der Waals surface area contributed by atoms with Crippen molar-refractivity contribution in [1.82, 2.24) is 14.9 Å². The molecule has 0 spiro atoms. The maximum absolute atomic E-state index is 5.38. The fourth-order valence-corrected chi connectivity index (χ4v) is 2.24. The van der Waals surface area contributed by atoms with Crippen LogP contribution in [0.3, 0.4) is 0 Å². The molecule has 0 aromatic carbocycles. The van der Waals surface area contributed by atoms with Crippen LogP contribution in [0.25, 0.3) is 0 Å². The lowest BCUT2D eigenvalue weighted by molar-refractivity contribution is 0.121. The number of H-pyrrole nitrogens is 1. The van der Waals surface area contributed by atoms with Crippen LogP contribution < -0.4 is 0 Å². The number of aryl methyl sites for hydroxylation is 1. The summed E-state index contributed by atoms with van der Waals surface area (Å²) >= 11 is 0. The molecule has 4 nitrogen and oxygen atoms in total. The number of aromatic amines is 1. The van der Waals surface area contributed by atoms with Crippen LogP contribution >= 0.6 is 0 Å². The van der Waals surface area contributed by atoms with E-state index in [-0.39, 0.29) is 0 Å². The fourth-order valence-electron chi connectivity index (χ4n) is 2.24. The van der Waals surface area contributed by atoms with Gasteiger partial charge >= 0.3 is 0 Å². The van der Waals surface area contributed by atoms with E-state index < -0.39 is 0 Å². The van der Waals surface area contributed by atoms with Crippen LogP contribution in [0.1, 0.15) is 30.8 Å². The number of ether oxygens (including phenoxy) is 1. The average Bonchev–Trinajstić information content (AvgIpc) is 2.87. The molecule has 4 heteroatoms. The molecule has 1 aromatic heterocycles. The van der Waals surface area contributed by atoms with Crippen molar-refractivity contribution in [1.29, 1.82) is 0 Å². The van der Waals surface area contributed by atoms with E-state index in [2.05, 4.69) is 21.8 Å². The molecule has 2 rings (SSSR count). The maximum Gasteiger partial charge on any atom is 0.110 e. The van der Waals surface area contributed by atoms with Crippen LogP contribution in [0.2, 0.25) is 0 Å². The summed E-state index contributed by atoms with van der Waals surface area (Å²) in [5.41, 5.74) is 1.16. The predicted molar refractivity (Wildman–Crippen MR) is 63.6 cm³/mol. The van der Waals surface area contributed by atoms with Crippen LogP contribution in [-0.2, 0) is 4.74 Å².